The van der Waals surface area contributed by atoms with Crippen molar-refractivity contribution in [3.05, 3.63) is 16.8 Å². The summed E-state index contributed by atoms with van der Waals surface area (Å²) >= 11 is 0. The average Bonchev–Trinajstić information content (AvgIpc) is 2.77. The number of nitrogens with zero attached hydrogens (tertiary/aromatic N) is 3. The van der Waals surface area contributed by atoms with E-state index in [4.69, 9.17) is 4.74 Å². The van der Waals surface area contributed by atoms with Gasteiger partial charge in [-0.15, -0.1) is 0 Å². The Bertz CT molecular complexity index is 349. The fraction of sp³-hybridized carbons (Fsp3) is 0.778. The molecule has 0 bridgehead atoms. The van der Waals surface area contributed by atoms with E-state index < -0.39 is 0 Å². The van der Waals surface area contributed by atoms with Crippen molar-refractivity contribution in [3.8, 4) is 0 Å². The van der Waals surface area contributed by atoms with Gasteiger partial charge in [0.05, 0.1) is 0 Å². The summed E-state index contributed by atoms with van der Waals surface area (Å²) in [5.74, 6) is 0.601. The quantitative estimate of drug-likeness (QED) is 0.685. The normalized spacial score (nSPS) is 21.6. The van der Waals surface area contributed by atoms with E-state index in [1.54, 1.807) is 13.4 Å². The maximum atomic E-state index is 11.4. The molecule has 5 nitrogen and oxygen atoms in total. The Hall–Kier alpha value is -1.10. The van der Waals surface area contributed by atoms with E-state index in [0.717, 1.165) is 26.1 Å². The van der Waals surface area contributed by atoms with Crippen LogP contribution in [0.4, 0.5) is 0 Å². The van der Waals surface area contributed by atoms with Gasteiger partial charge < -0.3 is 4.74 Å². The molecule has 1 aliphatic rings. The monoisotopic (exact) mass is 197 g/mol. The SMILES string of the molecule is Cn1cnn(CCC2CCOC2)c1=O. The van der Waals surface area contributed by atoms with E-state index in [0.29, 0.717) is 12.5 Å². The maximum Gasteiger partial charge on any atom is 0.345 e. The van der Waals surface area contributed by atoms with Crippen LogP contribution in [0.2, 0.25) is 0 Å². The number of aryl methyl sites for hydroxylation is 2. The van der Waals surface area contributed by atoms with Crippen molar-refractivity contribution < 1.29 is 4.74 Å². The van der Waals surface area contributed by atoms with E-state index in [-0.39, 0.29) is 5.69 Å². The van der Waals surface area contributed by atoms with Crippen molar-refractivity contribution in [1.82, 2.24) is 14.3 Å². The smallest absolute Gasteiger partial charge is 0.345 e. The summed E-state index contributed by atoms with van der Waals surface area (Å²) in [6.07, 6.45) is 3.64. The molecule has 0 saturated carbocycles. The molecule has 1 aliphatic heterocycles. The lowest BCUT2D eigenvalue weighted by Gasteiger charge is -2.05. The minimum absolute atomic E-state index is 0.0380. The Morgan fingerprint density at radius 3 is 3.14 bits per heavy atom. The van der Waals surface area contributed by atoms with Crippen molar-refractivity contribution in [2.75, 3.05) is 13.2 Å². The second-order valence-electron chi connectivity index (χ2n) is 3.77. The van der Waals surface area contributed by atoms with Gasteiger partial charge in [0.1, 0.15) is 6.33 Å². The molecule has 2 rings (SSSR count). The molecule has 0 spiro atoms. The lowest BCUT2D eigenvalue weighted by atomic mass is 10.1. The van der Waals surface area contributed by atoms with Crippen LogP contribution in [0.5, 0.6) is 0 Å². The highest BCUT2D eigenvalue weighted by Crippen LogP contribution is 2.16. The fourth-order valence-electron chi connectivity index (χ4n) is 1.69. The van der Waals surface area contributed by atoms with Crippen LogP contribution in [0, 0.1) is 5.92 Å². The van der Waals surface area contributed by atoms with E-state index in [1.165, 1.54) is 9.25 Å². The van der Waals surface area contributed by atoms with Crippen LogP contribution in [0.15, 0.2) is 11.1 Å². The second-order valence-corrected chi connectivity index (χ2v) is 3.77. The van der Waals surface area contributed by atoms with Crippen molar-refractivity contribution in [3.63, 3.8) is 0 Å². The Morgan fingerprint density at radius 1 is 1.71 bits per heavy atom. The van der Waals surface area contributed by atoms with Gasteiger partial charge in [-0.25, -0.2) is 9.48 Å². The molecular weight excluding hydrogens is 182 g/mol. The molecule has 1 saturated heterocycles. The van der Waals surface area contributed by atoms with Crippen molar-refractivity contribution in [1.29, 1.82) is 0 Å². The number of hydrogen-bond donors (Lipinski definition) is 0. The van der Waals surface area contributed by atoms with E-state index >= 15 is 0 Å². The lowest BCUT2D eigenvalue weighted by molar-refractivity contribution is 0.183. The van der Waals surface area contributed by atoms with E-state index in [9.17, 15) is 4.79 Å². The zero-order valence-corrected chi connectivity index (χ0v) is 8.35. The van der Waals surface area contributed by atoms with Gasteiger partial charge in [0.15, 0.2) is 0 Å². The zero-order chi connectivity index (χ0) is 9.97. The highest BCUT2D eigenvalue weighted by atomic mass is 16.5. The minimum Gasteiger partial charge on any atom is -0.381 e. The van der Waals surface area contributed by atoms with Gasteiger partial charge in [-0.3, -0.25) is 4.57 Å². The molecule has 0 N–H and O–H groups in total. The molecule has 1 fully saturated rings. The molecule has 78 valence electrons. The third-order valence-corrected chi connectivity index (χ3v) is 2.66. The zero-order valence-electron chi connectivity index (χ0n) is 8.35. The fourth-order valence-corrected chi connectivity index (χ4v) is 1.69. The van der Waals surface area contributed by atoms with Crippen molar-refractivity contribution >= 4 is 0 Å². The van der Waals surface area contributed by atoms with Gasteiger partial charge in [-0.05, 0) is 18.8 Å². The number of aromatic nitrogens is 3. The summed E-state index contributed by atoms with van der Waals surface area (Å²) < 4.78 is 8.27. The van der Waals surface area contributed by atoms with Gasteiger partial charge in [0.2, 0.25) is 0 Å². The van der Waals surface area contributed by atoms with Crippen molar-refractivity contribution in [2.45, 2.75) is 19.4 Å². The summed E-state index contributed by atoms with van der Waals surface area (Å²) in [5, 5.41) is 4.00. The molecule has 0 aromatic carbocycles. The van der Waals surface area contributed by atoms with Gasteiger partial charge >= 0.3 is 5.69 Å². The predicted molar refractivity (Wildman–Crippen MR) is 51.0 cm³/mol. The molecule has 1 atom stereocenters. The topological polar surface area (TPSA) is 49.0 Å². The minimum atomic E-state index is -0.0380. The molecule has 1 unspecified atom stereocenters. The van der Waals surface area contributed by atoms with E-state index in [1.807, 2.05) is 0 Å². The number of ether oxygens (including phenoxy) is 1. The van der Waals surface area contributed by atoms with Crippen LogP contribution < -0.4 is 5.69 Å². The molecule has 0 amide bonds. The highest BCUT2D eigenvalue weighted by Gasteiger charge is 2.15. The van der Waals surface area contributed by atoms with Gasteiger partial charge in [-0.2, -0.15) is 5.10 Å². The Balaban J connectivity index is 1.91. The summed E-state index contributed by atoms with van der Waals surface area (Å²) in [7, 11) is 1.71. The number of rotatable bonds is 3. The molecule has 0 radical (unpaired) electrons. The lowest BCUT2D eigenvalue weighted by Crippen LogP contribution is -2.24. The summed E-state index contributed by atoms with van der Waals surface area (Å²) in [5.41, 5.74) is -0.0380. The van der Waals surface area contributed by atoms with Crippen LogP contribution >= 0.6 is 0 Å². The molecule has 1 aromatic rings. The summed E-state index contributed by atoms with van der Waals surface area (Å²) in [4.78, 5) is 11.4. The van der Waals surface area contributed by atoms with Gasteiger partial charge in [0, 0.05) is 26.8 Å². The van der Waals surface area contributed by atoms with Crippen LogP contribution in [-0.4, -0.2) is 27.6 Å². The molecule has 5 heteroatoms. The Kier molecular flexibility index (Phi) is 2.67. The number of hydrogen-bond acceptors (Lipinski definition) is 3. The van der Waals surface area contributed by atoms with Crippen LogP contribution in [0.3, 0.4) is 0 Å². The third kappa shape index (κ3) is 1.87. The summed E-state index contributed by atoms with van der Waals surface area (Å²) in [6.45, 7) is 2.40. The molecule has 2 heterocycles. The maximum absolute atomic E-state index is 11.4. The third-order valence-electron chi connectivity index (χ3n) is 2.66. The first kappa shape index (κ1) is 9.45. The van der Waals surface area contributed by atoms with Gasteiger partial charge in [0.25, 0.3) is 0 Å². The van der Waals surface area contributed by atoms with Crippen LogP contribution in [0.1, 0.15) is 12.8 Å². The van der Waals surface area contributed by atoms with Gasteiger partial charge in [-0.1, -0.05) is 0 Å². The largest absolute Gasteiger partial charge is 0.381 e. The van der Waals surface area contributed by atoms with Crippen LogP contribution in [0.25, 0.3) is 0 Å². The molecule has 14 heavy (non-hydrogen) atoms. The highest BCUT2D eigenvalue weighted by molar-refractivity contribution is 4.68. The average molecular weight is 197 g/mol. The van der Waals surface area contributed by atoms with Crippen LogP contribution in [-0.2, 0) is 18.3 Å². The van der Waals surface area contributed by atoms with E-state index in [2.05, 4.69) is 5.10 Å². The molecule has 1 aromatic heterocycles. The first-order chi connectivity index (χ1) is 6.77. The second kappa shape index (κ2) is 3.96. The molecular formula is C9H15N3O2. The standard InChI is InChI=1S/C9H15N3O2/c1-11-7-10-12(9(11)13)4-2-8-3-5-14-6-8/h7-8H,2-6H2,1H3. The van der Waals surface area contributed by atoms with Crippen molar-refractivity contribution in [2.24, 2.45) is 13.0 Å². The Labute approximate surface area is 82.3 Å². The first-order valence-corrected chi connectivity index (χ1v) is 4.93. The molecule has 0 aliphatic carbocycles. The predicted octanol–water partition coefficient (Wildman–Crippen LogP) is 0.00840. The summed E-state index contributed by atoms with van der Waals surface area (Å²) in [6, 6.07) is 0. The Morgan fingerprint density at radius 2 is 2.57 bits per heavy atom. The first-order valence-electron chi connectivity index (χ1n) is 4.93.